The van der Waals surface area contributed by atoms with Crippen molar-refractivity contribution in [1.29, 1.82) is 0 Å². The van der Waals surface area contributed by atoms with E-state index in [2.05, 4.69) is 10.1 Å². The molecule has 1 fully saturated rings. The second-order valence-electron chi connectivity index (χ2n) is 5.14. The lowest BCUT2D eigenvalue weighted by atomic mass is 9.80. The number of hydrogen-bond donors (Lipinski definition) is 2. The van der Waals surface area contributed by atoms with Crippen LogP contribution < -0.4 is 10.1 Å². The van der Waals surface area contributed by atoms with Gasteiger partial charge in [-0.25, -0.2) is 0 Å². The maximum absolute atomic E-state index is 12.1. The Morgan fingerprint density at radius 3 is 2.59 bits per heavy atom. The van der Waals surface area contributed by atoms with Gasteiger partial charge in [0.25, 0.3) is 0 Å². The summed E-state index contributed by atoms with van der Waals surface area (Å²) in [5.74, 6) is -2.07. The van der Waals surface area contributed by atoms with Crippen molar-refractivity contribution in [3.05, 3.63) is 29.8 Å². The van der Waals surface area contributed by atoms with Crippen molar-refractivity contribution in [2.24, 2.45) is 5.92 Å². The number of carbonyl (C=O) groups is 2. The van der Waals surface area contributed by atoms with Crippen molar-refractivity contribution in [3.8, 4) is 5.75 Å². The molecule has 1 aliphatic rings. The molecule has 0 aliphatic heterocycles. The third-order valence-electron chi connectivity index (χ3n) is 3.35. The standard InChI is InChI=1S/C14H14F3NO4/c15-14(16,17)22-11-3-1-2-8(4-11)5-12(19)18-10-6-9(7-10)13(20)21/h1-4,9-10H,5-7H2,(H,18,19)(H,20,21). The zero-order valence-corrected chi connectivity index (χ0v) is 11.4. The van der Waals surface area contributed by atoms with Gasteiger partial charge in [0.15, 0.2) is 0 Å². The summed E-state index contributed by atoms with van der Waals surface area (Å²) >= 11 is 0. The number of carbonyl (C=O) groups excluding carboxylic acids is 1. The van der Waals surface area contributed by atoms with E-state index in [1.165, 1.54) is 12.1 Å². The predicted octanol–water partition coefficient (Wildman–Crippen LogP) is 2.11. The zero-order valence-electron chi connectivity index (χ0n) is 11.4. The third kappa shape index (κ3) is 4.64. The summed E-state index contributed by atoms with van der Waals surface area (Å²) in [6, 6.07) is 4.99. The van der Waals surface area contributed by atoms with Crippen molar-refractivity contribution < 1.29 is 32.6 Å². The van der Waals surface area contributed by atoms with Crippen LogP contribution in [0.4, 0.5) is 13.2 Å². The summed E-state index contributed by atoms with van der Waals surface area (Å²) in [5.41, 5.74) is 0.383. The Balaban J connectivity index is 1.84. The lowest BCUT2D eigenvalue weighted by molar-refractivity contribution is -0.274. The summed E-state index contributed by atoms with van der Waals surface area (Å²) in [4.78, 5) is 22.4. The summed E-state index contributed by atoms with van der Waals surface area (Å²) in [6.45, 7) is 0. The van der Waals surface area contributed by atoms with Crippen LogP contribution in [0.25, 0.3) is 0 Å². The first kappa shape index (κ1) is 16.1. The van der Waals surface area contributed by atoms with Crippen LogP contribution in [0.1, 0.15) is 18.4 Å². The number of nitrogens with one attached hydrogen (secondary N) is 1. The van der Waals surface area contributed by atoms with Crippen LogP contribution in [0.2, 0.25) is 0 Å². The summed E-state index contributed by atoms with van der Waals surface area (Å²) in [5, 5.41) is 11.4. The van der Waals surface area contributed by atoms with E-state index in [9.17, 15) is 22.8 Å². The molecule has 1 aromatic rings. The lowest BCUT2D eigenvalue weighted by Crippen LogP contribution is -2.47. The third-order valence-corrected chi connectivity index (χ3v) is 3.35. The molecule has 0 bridgehead atoms. The normalized spacial score (nSPS) is 20.9. The van der Waals surface area contributed by atoms with Gasteiger partial charge in [-0.1, -0.05) is 12.1 Å². The van der Waals surface area contributed by atoms with Gasteiger partial charge in [-0.3, -0.25) is 9.59 Å². The SMILES string of the molecule is O=C(Cc1cccc(OC(F)(F)F)c1)NC1CC(C(=O)O)C1. The molecule has 0 atom stereocenters. The fraction of sp³-hybridized carbons (Fsp3) is 0.429. The molecule has 1 saturated carbocycles. The van der Waals surface area contributed by atoms with E-state index in [0.29, 0.717) is 18.4 Å². The first-order chi connectivity index (χ1) is 10.2. The summed E-state index contributed by atoms with van der Waals surface area (Å²) in [7, 11) is 0. The average molecular weight is 317 g/mol. The Morgan fingerprint density at radius 2 is 2.00 bits per heavy atom. The monoisotopic (exact) mass is 317 g/mol. The highest BCUT2D eigenvalue weighted by Gasteiger charge is 2.35. The van der Waals surface area contributed by atoms with E-state index in [1.54, 1.807) is 0 Å². The molecule has 0 radical (unpaired) electrons. The van der Waals surface area contributed by atoms with Gasteiger partial charge < -0.3 is 15.2 Å². The van der Waals surface area contributed by atoms with Crippen molar-refractivity contribution in [3.63, 3.8) is 0 Å². The Hall–Kier alpha value is -2.25. The zero-order chi connectivity index (χ0) is 16.3. The van der Waals surface area contributed by atoms with E-state index in [0.717, 1.165) is 12.1 Å². The predicted molar refractivity (Wildman–Crippen MR) is 69.1 cm³/mol. The van der Waals surface area contributed by atoms with Crippen LogP contribution in [0.5, 0.6) is 5.75 Å². The van der Waals surface area contributed by atoms with E-state index in [1.807, 2.05) is 0 Å². The molecule has 0 saturated heterocycles. The minimum atomic E-state index is -4.78. The molecule has 1 amide bonds. The number of alkyl halides is 3. The Labute approximate surface area is 124 Å². The molecule has 0 heterocycles. The number of halogens is 3. The maximum Gasteiger partial charge on any atom is 0.573 e. The smallest absolute Gasteiger partial charge is 0.481 e. The number of ether oxygens (including phenoxy) is 1. The molecular formula is C14H14F3NO4. The van der Waals surface area contributed by atoms with Crippen molar-refractivity contribution in [2.75, 3.05) is 0 Å². The van der Waals surface area contributed by atoms with Gasteiger partial charge in [0, 0.05) is 6.04 Å². The number of carboxylic acid groups (broad SMARTS) is 1. The first-order valence-corrected chi connectivity index (χ1v) is 6.60. The second-order valence-corrected chi connectivity index (χ2v) is 5.14. The molecule has 22 heavy (non-hydrogen) atoms. The average Bonchev–Trinajstić information content (AvgIpc) is 2.31. The van der Waals surface area contributed by atoms with Gasteiger partial charge in [-0.2, -0.15) is 0 Å². The van der Waals surface area contributed by atoms with Crippen LogP contribution in [-0.4, -0.2) is 29.4 Å². The molecule has 0 aromatic heterocycles. The molecule has 8 heteroatoms. The van der Waals surface area contributed by atoms with Crippen molar-refractivity contribution in [1.82, 2.24) is 5.32 Å². The minimum Gasteiger partial charge on any atom is -0.481 e. The Bertz CT molecular complexity index is 567. The number of benzene rings is 1. The fourth-order valence-corrected chi connectivity index (χ4v) is 2.25. The van der Waals surface area contributed by atoms with Gasteiger partial charge in [0.1, 0.15) is 5.75 Å². The van der Waals surface area contributed by atoms with Crippen LogP contribution in [0.15, 0.2) is 24.3 Å². The quantitative estimate of drug-likeness (QED) is 0.872. The van der Waals surface area contributed by atoms with Gasteiger partial charge in [-0.15, -0.1) is 13.2 Å². The fourth-order valence-electron chi connectivity index (χ4n) is 2.25. The molecule has 0 spiro atoms. The van der Waals surface area contributed by atoms with E-state index in [4.69, 9.17) is 5.11 Å². The highest BCUT2D eigenvalue weighted by Crippen LogP contribution is 2.27. The van der Waals surface area contributed by atoms with Crippen molar-refractivity contribution in [2.45, 2.75) is 31.7 Å². The highest BCUT2D eigenvalue weighted by atomic mass is 19.4. The summed E-state index contributed by atoms with van der Waals surface area (Å²) < 4.78 is 40.1. The van der Waals surface area contributed by atoms with Gasteiger partial charge in [-0.05, 0) is 30.5 Å². The molecule has 5 nitrogen and oxygen atoms in total. The molecule has 2 N–H and O–H groups in total. The molecule has 1 aromatic carbocycles. The van der Waals surface area contributed by atoms with Crippen LogP contribution in [0.3, 0.4) is 0 Å². The van der Waals surface area contributed by atoms with Gasteiger partial charge in [0.2, 0.25) is 5.91 Å². The van der Waals surface area contributed by atoms with Gasteiger partial charge >= 0.3 is 12.3 Å². The second kappa shape index (κ2) is 6.25. The highest BCUT2D eigenvalue weighted by molar-refractivity contribution is 5.79. The molecule has 2 rings (SSSR count). The maximum atomic E-state index is 12.1. The Morgan fingerprint density at radius 1 is 1.32 bits per heavy atom. The first-order valence-electron chi connectivity index (χ1n) is 6.60. The van der Waals surface area contributed by atoms with Crippen LogP contribution in [-0.2, 0) is 16.0 Å². The van der Waals surface area contributed by atoms with E-state index < -0.39 is 18.2 Å². The number of aliphatic carboxylic acids is 1. The molecular weight excluding hydrogens is 303 g/mol. The number of hydrogen-bond acceptors (Lipinski definition) is 3. The number of amides is 1. The summed E-state index contributed by atoms with van der Waals surface area (Å²) in [6.07, 6.45) is -4.13. The number of carboxylic acids is 1. The lowest BCUT2D eigenvalue weighted by Gasteiger charge is -2.32. The molecule has 120 valence electrons. The minimum absolute atomic E-state index is 0.0940. The van der Waals surface area contributed by atoms with Crippen LogP contribution in [0, 0.1) is 5.92 Å². The Kier molecular flexibility index (Phi) is 4.58. The number of rotatable bonds is 5. The van der Waals surface area contributed by atoms with Crippen molar-refractivity contribution >= 4 is 11.9 Å². The molecule has 0 unspecified atom stereocenters. The van der Waals surface area contributed by atoms with Gasteiger partial charge in [0.05, 0.1) is 12.3 Å². The molecule has 1 aliphatic carbocycles. The van der Waals surface area contributed by atoms with Crippen LogP contribution >= 0.6 is 0 Å². The topological polar surface area (TPSA) is 75.6 Å². The van der Waals surface area contributed by atoms with E-state index in [-0.39, 0.29) is 24.1 Å². The van der Waals surface area contributed by atoms with E-state index >= 15 is 0 Å². The largest absolute Gasteiger partial charge is 0.573 e.